The number of benzene rings is 2. The number of amides is 3. The predicted octanol–water partition coefficient (Wildman–Crippen LogP) is 5.40. The van der Waals surface area contributed by atoms with Gasteiger partial charge in [-0.15, -0.1) is 0 Å². The van der Waals surface area contributed by atoms with Crippen molar-refractivity contribution in [2.45, 2.75) is 83.9 Å². The van der Waals surface area contributed by atoms with Gasteiger partial charge >= 0.3 is 0 Å². The van der Waals surface area contributed by atoms with Crippen molar-refractivity contribution in [3.05, 3.63) is 75.3 Å². The molecule has 2 aromatic carbocycles. The first-order valence-corrected chi connectivity index (χ1v) is 15.9. The number of rotatable bonds is 9. The zero-order valence-corrected chi connectivity index (χ0v) is 26.0. The van der Waals surface area contributed by atoms with Crippen molar-refractivity contribution >= 4 is 40.6 Å². The molecule has 2 heterocycles. The Morgan fingerprint density at radius 2 is 1.72 bits per heavy atom. The van der Waals surface area contributed by atoms with Gasteiger partial charge in [0.2, 0.25) is 5.91 Å². The van der Waals surface area contributed by atoms with E-state index >= 15 is 0 Å². The van der Waals surface area contributed by atoms with Crippen LogP contribution in [0.15, 0.2) is 42.5 Å². The molecule has 1 saturated heterocycles. The number of carbonyl (C=O) groups is 3. The van der Waals surface area contributed by atoms with Crippen molar-refractivity contribution in [2.75, 3.05) is 23.8 Å². The summed E-state index contributed by atoms with van der Waals surface area (Å²) in [5, 5.41) is 6.09. The minimum atomic E-state index is -1.00. The molecule has 9 nitrogen and oxygen atoms in total. The first-order chi connectivity index (χ1) is 20.7. The topological polar surface area (TPSA) is 127 Å². The molecule has 10 heteroatoms. The quantitative estimate of drug-likeness (QED) is 0.301. The fourth-order valence-corrected chi connectivity index (χ4v) is 6.59. The Bertz CT molecular complexity index is 1460. The van der Waals surface area contributed by atoms with Gasteiger partial charge in [0.1, 0.15) is 10.9 Å². The van der Waals surface area contributed by atoms with Crippen LogP contribution in [0, 0.1) is 20.8 Å². The molecule has 0 spiro atoms. The van der Waals surface area contributed by atoms with Crippen LogP contribution in [0.1, 0.15) is 93.4 Å². The van der Waals surface area contributed by atoms with Gasteiger partial charge in [-0.2, -0.15) is 4.37 Å². The maximum atomic E-state index is 14.6. The Balaban J connectivity index is 1.54. The Morgan fingerprint density at radius 1 is 1.00 bits per heavy atom. The van der Waals surface area contributed by atoms with Crippen LogP contribution in [-0.2, 0) is 9.53 Å². The van der Waals surface area contributed by atoms with E-state index in [4.69, 9.17) is 10.5 Å². The highest BCUT2D eigenvalue weighted by Crippen LogP contribution is 2.35. The van der Waals surface area contributed by atoms with Gasteiger partial charge < -0.3 is 21.1 Å². The SMILES string of the molecule is Cc1ccc([C@H](C(=O)NC[C@@H]2CCCO2)N(C(=O)c2snc(C(=O)NC3CCCCC3)c2N)c2cc(C)ccc2C)cc1. The average molecular weight is 604 g/mol. The lowest BCUT2D eigenvalue weighted by Gasteiger charge is -2.33. The number of nitrogens with two attached hydrogens (primary N) is 1. The molecule has 4 N–H and O–H groups in total. The van der Waals surface area contributed by atoms with Crippen LogP contribution in [0.3, 0.4) is 0 Å². The number of nitrogens with one attached hydrogen (secondary N) is 2. The Hall–Kier alpha value is -3.76. The standard InChI is InChI=1S/C33H41N5O4S/c1-20-12-15-23(16-13-20)29(32(40)35-19-25-10-7-17-42-25)38(26-18-21(2)11-14-22(26)3)33(41)30-27(34)28(37-43-30)31(39)36-24-8-5-4-6-9-24/h11-16,18,24-25,29H,4-10,17,19,34H2,1-3H3,(H,35,40)(H,36,39)/t25-,29+/m0/s1. The number of aryl methyl sites for hydroxylation is 3. The van der Waals surface area contributed by atoms with Crippen molar-refractivity contribution in [2.24, 2.45) is 0 Å². The smallest absolute Gasteiger partial charge is 0.273 e. The molecule has 43 heavy (non-hydrogen) atoms. The van der Waals surface area contributed by atoms with E-state index in [0.29, 0.717) is 24.4 Å². The third-order valence-corrected chi connectivity index (χ3v) is 9.20. The molecule has 0 radical (unpaired) electrons. The summed E-state index contributed by atoms with van der Waals surface area (Å²) in [6.45, 7) is 6.85. The summed E-state index contributed by atoms with van der Waals surface area (Å²) >= 11 is 0.889. The Labute approximate surface area is 257 Å². The molecular weight excluding hydrogens is 562 g/mol. The van der Waals surface area contributed by atoms with Gasteiger partial charge in [0, 0.05) is 24.9 Å². The first kappa shape index (κ1) is 30.7. The summed E-state index contributed by atoms with van der Waals surface area (Å²) in [5.41, 5.74) is 10.6. The number of ether oxygens (including phenoxy) is 1. The first-order valence-electron chi connectivity index (χ1n) is 15.2. The number of nitrogens with zero attached hydrogens (tertiary/aromatic N) is 2. The van der Waals surface area contributed by atoms with E-state index in [1.54, 1.807) is 0 Å². The van der Waals surface area contributed by atoms with Crippen LogP contribution in [0.4, 0.5) is 11.4 Å². The van der Waals surface area contributed by atoms with Crippen LogP contribution in [0.5, 0.6) is 0 Å². The fourth-order valence-electron chi connectivity index (χ4n) is 5.85. The molecule has 3 amide bonds. The number of carbonyl (C=O) groups excluding carboxylic acids is 3. The second-order valence-electron chi connectivity index (χ2n) is 11.7. The van der Waals surface area contributed by atoms with Crippen LogP contribution in [0.25, 0.3) is 0 Å². The normalized spacial score (nSPS) is 17.8. The number of nitrogen functional groups attached to an aromatic ring is 1. The summed E-state index contributed by atoms with van der Waals surface area (Å²) in [7, 11) is 0. The number of hydrogen-bond acceptors (Lipinski definition) is 7. The zero-order chi connectivity index (χ0) is 30.5. The lowest BCUT2D eigenvalue weighted by Crippen LogP contribution is -2.46. The van der Waals surface area contributed by atoms with Gasteiger partial charge in [0.15, 0.2) is 5.69 Å². The van der Waals surface area contributed by atoms with Crippen LogP contribution in [-0.4, -0.2) is 47.4 Å². The van der Waals surface area contributed by atoms with E-state index in [1.165, 1.54) is 11.3 Å². The number of anilines is 2. The molecule has 3 aromatic rings. The molecule has 2 atom stereocenters. The summed E-state index contributed by atoms with van der Waals surface area (Å²) in [4.78, 5) is 43.5. The summed E-state index contributed by atoms with van der Waals surface area (Å²) < 4.78 is 10.1. The van der Waals surface area contributed by atoms with Crippen molar-refractivity contribution in [1.29, 1.82) is 0 Å². The molecule has 2 fully saturated rings. The van der Waals surface area contributed by atoms with Gasteiger partial charge in [0.05, 0.1) is 11.8 Å². The average Bonchev–Trinajstić information content (AvgIpc) is 3.67. The molecule has 0 unspecified atom stereocenters. The summed E-state index contributed by atoms with van der Waals surface area (Å²) in [6.07, 6.45) is 6.91. The lowest BCUT2D eigenvalue weighted by molar-refractivity contribution is -0.123. The highest BCUT2D eigenvalue weighted by Gasteiger charge is 2.37. The van der Waals surface area contributed by atoms with Crippen molar-refractivity contribution < 1.29 is 19.1 Å². The molecule has 5 rings (SSSR count). The lowest BCUT2D eigenvalue weighted by atomic mass is 9.95. The molecule has 228 valence electrons. The molecule has 1 aliphatic heterocycles. The maximum absolute atomic E-state index is 14.6. The minimum Gasteiger partial charge on any atom is -0.395 e. The van der Waals surface area contributed by atoms with Crippen LogP contribution < -0.4 is 21.3 Å². The van der Waals surface area contributed by atoms with E-state index in [1.807, 2.05) is 63.2 Å². The third-order valence-electron chi connectivity index (χ3n) is 8.35. The van der Waals surface area contributed by atoms with Crippen molar-refractivity contribution in [3.63, 3.8) is 0 Å². The second kappa shape index (κ2) is 13.7. The van der Waals surface area contributed by atoms with Gasteiger partial charge in [-0.1, -0.05) is 61.2 Å². The highest BCUT2D eigenvalue weighted by atomic mass is 32.1. The number of aromatic nitrogens is 1. The highest BCUT2D eigenvalue weighted by molar-refractivity contribution is 7.09. The molecule has 1 aliphatic carbocycles. The fraction of sp³-hybridized carbons (Fsp3) is 0.455. The summed E-state index contributed by atoms with van der Waals surface area (Å²) in [6, 6.07) is 12.5. The van der Waals surface area contributed by atoms with E-state index in [-0.39, 0.29) is 40.2 Å². The largest absolute Gasteiger partial charge is 0.395 e. The monoisotopic (exact) mass is 603 g/mol. The minimum absolute atomic E-state index is 0.0287. The zero-order valence-electron chi connectivity index (χ0n) is 25.2. The van der Waals surface area contributed by atoms with Gasteiger partial charge in [-0.05, 0) is 80.7 Å². The Morgan fingerprint density at radius 3 is 2.42 bits per heavy atom. The molecule has 2 aliphatic rings. The van der Waals surface area contributed by atoms with E-state index < -0.39 is 11.9 Å². The summed E-state index contributed by atoms with van der Waals surface area (Å²) in [5.74, 6) is -1.19. The van der Waals surface area contributed by atoms with E-state index in [0.717, 1.165) is 66.7 Å². The second-order valence-corrected chi connectivity index (χ2v) is 12.5. The molecule has 1 saturated carbocycles. The van der Waals surface area contributed by atoms with E-state index in [9.17, 15) is 14.4 Å². The van der Waals surface area contributed by atoms with Gasteiger partial charge in [0.25, 0.3) is 11.8 Å². The third kappa shape index (κ3) is 7.08. The Kier molecular flexibility index (Phi) is 9.77. The number of hydrogen-bond donors (Lipinski definition) is 3. The maximum Gasteiger partial charge on any atom is 0.273 e. The van der Waals surface area contributed by atoms with E-state index in [2.05, 4.69) is 15.0 Å². The van der Waals surface area contributed by atoms with Crippen LogP contribution in [0.2, 0.25) is 0 Å². The van der Waals surface area contributed by atoms with Crippen molar-refractivity contribution in [1.82, 2.24) is 15.0 Å². The van der Waals surface area contributed by atoms with Gasteiger partial charge in [-0.3, -0.25) is 19.3 Å². The van der Waals surface area contributed by atoms with Crippen molar-refractivity contribution in [3.8, 4) is 0 Å². The molecule has 0 bridgehead atoms. The predicted molar refractivity (Wildman–Crippen MR) is 169 cm³/mol. The molecular formula is C33H41N5O4S. The molecule has 1 aromatic heterocycles. The van der Waals surface area contributed by atoms with Gasteiger partial charge in [-0.25, -0.2) is 0 Å². The van der Waals surface area contributed by atoms with Crippen LogP contribution >= 0.6 is 11.5 Å².